The lowest BCUT2D eigenvalue weighted by molar-refractivity contribution is 0.0996. The molecule has 0 spiro atoms. The molecule has 0 saturated heterocycles. The van der Waals surface area contributed by atoms with Gasteiger partial charge in [0.05, 0.1) is 12.0 Å². The topological polar surface area (TPSA) is 77.1 Å². The number of carbonyl (C=O) groups is 1. The van der Waals surface area contributed by atoms with E-state index in [9.17, 15) is 18.4 Å². The van der Waals surface area contributed by atoms with E-state index >= 15 is 0 Å². The number of aromatic nitrogens is 2. The molecular weight excluding hydrogens is 308 g/mol. The summed E-state index contributed by atoms with van der Waals surface area (Å²) in [4.78, 5) is 28.0. The molecular formula is C15H9F2N3O3. The summed E-state index contributed by atoms with van der Waals surface area (Å²) in [5.41, 5.74) is -0.594. The van der Waals surface area contributed by atoms with Crippen molar-refractivity contribution in [3.8, 4) is 5.69 Å². The molecule has 1 aromatic carbocycles. The van der Waals surface area contributed by atoms with Crippen LogP contribution in [0.3, 0.4) is 0 Å². The van der Waals surface area contributed by atoms with Crippen LogP contribution in [0.5, 0.6) is 0 Å². The van der Waals surface area contributed by atoms with Gasteiger partial charge >= 0.3 is 0 Å². The van der Waals surface area contributed by atoms with Crippen LogP contribution in [0.15, 0.2) is 58.2 Å². The van der Waals surface area contributed by atoms with Crippen LogP contribution < -0.4 is 10.9 Å². The van der Waals surface area contributed by atoms with Crippen molar-refractivity contribution in [2.75, 3.05) is 5.32 Å². The summed E-state index contributed by atoms with van der Waals surface area (Å²) in [7, 11) is 0. The fourth-order valence-corrected chi connectivity index (χ4v) is 1.91. The van der Waals surface area contributed by atoms with Crippen LogP contribution >= 0.6 is 0 Å². The van der Waals surface area contributed by atoms with Crippen molar-refractivity contribution in [2.45, 2.75) is 0 Å². The highest BCUT2D eigenvalue weighted by atomic mass is 19.2. The van der Waals surface area contributed by atoms with Crippen molar-refractivity contribution in [3.05, 3.63) is 76.7 Å². The fraction of sp³-hybridized carbons (Fsp3) is 0. The summed E-state index contributed by atoms with van der Waals surface area (Å²) in [5.74, 6) is -3.02. The maximum atomic E-state index is 13.3. The number of hydrogen-bond donors (Lipinski definition) is 1. The van der Waals surface area contributed by atoms with E-state index in [2.05, 4.69) is 10.3 Å². The molecule has 0 saturated carbocycles. The molecule has 2 aromatic heterocycles. The zero-order valence-electron chi connectivity index (χ0n) is 11.5. The zero-order chi connectivity index (χ0) is 16.4. The fourth-order valence-electron chi connectivity index (χ4n) is 1.91. The van der Waals surface area contributed by atoms with Crippen LogP contribution in [0.25, 0.3) is 5.69 Å². The second kappa shape index (κ2) is 5.84. The second-order valence-electron chi connectivity index (χ2n) is 4.48. The Balaban J connectivity index is 1.97. The Morgan fingerprint density at radius 3 is 2.74 bits per heavy atom. The van der Waals surface area contributed by atoms with Gasteiger partial charge in [-0.1, -0.05) is 0 Å². The molecule has 0 aliphatic heterocycles. The predicted molar refractivity (Wildman–Crippen MR) is 76.4 cm³/mol. The maximum Gasteiger partial charge on any atom is 0.298 e. The highest BCUT2D eigenvalue weighted by molar-refractivity contribution is 6.01. The third-order valence-corrected chi connectivity index (χ3v) is 3.00. The number of anilines is 1. The standard InChI is InChI=1S/C15H9F2N3O3/c16-10-4-3-9(8-11(10)17)20-6-5-18-13(15(20)22)19-14(21)12-2-1-7-23-12/h1-8H,(H,18,19,21). The van der Waals surface area contributed by atoms with Crippen molar-refractivity contribution in [1.29, 1.82) is 0 Å². The van der Waals surface area contributed by atoms with Crippen molar-refractivity contribution < 1.29 is 18.0 Å². The van der Waals surface area contributed by atoms with Gasteiger partial charge in [-0.25, -0.2) is 13.8 Å². The van der Waals surface area contributed by atoms with Crippen LogP contribution in [0.4, 0.5) is 14.6 Å². The molecule has 2 heterocycles. The molecule has 1 amide bonds. The monoisotopic (exact) mass is 317 g/mol. The molecule has 0 bridgehead atoms. The van der Waals surface area contributed by atoms with Crippen LogP contribution in [0, 0.1) is 11.6 Å². The number of carbonyl (C=O) groups excluding carboxylic acids is 1. The molecule has 23 heavy (non-hydrogen) atoms. The quantitative estimate of drug-likeness (QED) is 0.804. The number of benzene rings is 1. The van der Waals surface area contributed by atoms with Gasteiger partial charge in [0.15, 0.2) is 23.2 Å². The van der Waals surface area contributed by atoms with Gasteiger partial charge in [0.25, 0.3) is 11.5 Å². The molecule has 8 heteroatoms. The summed E-state index contributed by atoms with van der Waals surface area (Å²) < 4.78 is 32.2. The summed E-state index contributed by atoms with van der Waals surface area (Å²) in [5, 5.41) is 2.30. The van der Waals surface area contributed by atoms with Gasteiger partial charge in [-0.3, -0.25) is 19.5 Å². The van der Waals surface area contributed by atoms with Gasteiger partial charge in [-0.15, -0.1) is 0 Å². The normalized spacial score (nSPS) is 10.5. The number of nitrogens with one attached hydrogen (secondary N) is 1. The Kier molecular flexibility index (Phi) is 3.71. The average Bonchev–Trinajstić information content (AvgIpc) is 3.07. The third-order valence-electron chi connectivity index (χ3n) is 3.00. The summed E-state index contributed by atoms with van der Waals surface area (Å²) >= 11 is 0. The SMILES string of the molecule is O=C(Nc1nccn(-c2ccc(F)c(F)c2)c1=O)c1ccco1. The van der Waals surface area contributed by atoms with E-state index in [-0.39, 0.29) is 17.3 Å². The van der Waals surface area contributed by atoms with Gasteiger partial charge in [-0.05, 0) is 24.3 Å². The first kappa shape index (κ1) is 14.6. The second-order valence-corrected chi connectivity index (χ2v) is 4.48. The number of hydrogen-bond acceptors (Lipinski definition) is 4. The molecule has 0 aliphatic rings. The molecule has 0 atom stereocenters. The molecule has 0 unspecified atom stereocenters. The highest BCUT2D eigenvalue weighted by Crippen LogP contribution is 2.12. The van der Waals surface area contributed by atoms with Crippen molar-refractivity contribution >= 4 is 11.7 Å². The Labute approximate surface area is 128 Å². The minimum Gasteiger partial charge on any atom is -0.459 e. The number of nitrogens with zero attached hydrogens (tertiary/aromatic N) is 2. The Morgan fingerprint density at radius 1 is 1.22 bits per heavy atom. The average molecular weight is 317 g/mol. The number of furan rings is 1. The van der Waals surface area contributed by atoms with E-state index in [1.165, 1.54) is 36.9 Å². The smallest absolute Gasteiger partial charge is 0.298 e. The van der Waals surface area contributed by atoms with Gasteiger partial charge in [-0.2, -0.15) is 0 Å². The number of rotatable bonds is 3. The molecule has 3 aromatic rings. The molecule has 0 aliphatic carbocycles. The zero-order valence-corrected chi connectivity index (χ0v) is 11.5. The first-order chi connectivity index (χ1) is 11.1. The molecule has 1 N–H and O–H groups in total. The van der Waals surface area contributed by atoms with E-state index < -0.39 is 23.1 Å². The van der Waals surface area contributed by atoms with E-state index in [0.717, 1.165) is 16.7 Å². The van der Waals surface area contributed by atoms with Gasteiger partial charge in [0.1, 0.15) is 0 Å². The lowest BCUT2D eigenvalue weighted by Crippen LogP contribution is -2.26. The van der Waals surface area contributed by atoms with Crippen molar-refractivity contribution in [2.24, 2.45) is 0 Å². The molecule has 0 radical (unpaired) electrons. The third kappa shape index (κ3) is 2.86. The lowest BCUT2D eigenvalue weighted by Gasteiger charge is -2.08. The van der Waals surface area contributed by atoms with E-state index in [0.29, 0.717) is 0 Å². The maximum absolute atomic E-state index is 13.3. The van der Waals surface area contributed by atoms with Crippen LogP contribution in [-0.4, -0.2) is 15.5 Å². The predicted octanol–water partition coefficient (Wildman–Crippen LogP) is 2.36. The minimum absolute atomic E-state index is 0.00873. The highest BCUT2D eigenvalue weighted by Gasteiger charge is 2.14. The molecule has 6 nitrogen and oxygen atoms in total. The van der Waals surface area contributed by atoms with Crippen LogP contribution in [-0.2, 0) is 0 Å². The lowest BCUT2D eigenvalue weighted by atomic mass is 10.3. The summed E-state index contributed by atoms with van der Waals surface area (Å²) in [6.07, 6.45) is 3.84. The van der Waals surface area contributed by atoms with E-state index in [1.54, 1.807) is 0 Å². The summed E-state index contributed by atoms with van der Waals surface area (Å²) in [6.45, 7) is 0. The van der Waals surface area contributed by atoms with Gasteiger partial charge in [0, 0.05) is 18.5 Å². The number of halogens is 2. The van der Waals surface area contributed by atoms with Gasteiger partial charge in [0.2, 0.25) is 0 Å². The number of amides is 1. The summed E-state index contributed by atoms with van der Waals surface area (Å²) in [6, 6.07) is 5.95. The Bertz CT molecular complexity index is 920. The molecule has 116 valence electrons. The minimum atomic E-state index is -1.09. The van der Waals surface area contributed by atoms with E-state index in [1.807, 2.05) is 0 Å². The van der Waals surface area contributed by atoms with Crippen LogP contribution in [0.1, 0.15) is 10.6 Å². The van der Waals surface area contributed by atoms with Crippen molar-refractivity contribution in [1.82, 2.24) is 9.55 Å². The largest absolute Gasteiger partial charge is 0.459 e. The first-order valence-electron chi connectivity index (χ1n) is 6.44. The Hall–Kier alpha value is -3.29. The van der Waals surface area contributed by atoms with Gasteiger partial charge < -0.3 is 4.42 Å². The first-order valence-corrected chi connectivity index (χ1v) is 6.44. The Morgan fingerprint density at radius 2 is 2.04 bits per heavy atom. The van der Waals surface area contributed by atoms with E-state index in [4.69, 9.17) is 4.42 Å². The molecule has 3 rings (SSSR count). The molecule has 0 fully saturated rings. The van der Waals surface area contributed by atoms with Crippen LogP contribution in [0.2, 0.25) is 0 Å². The van der Waals surface area contributed by atoms with Crippen molar-refractivity contribution in [3.63, 3.8) is 0 Å².